The molecule has 4 N–H and O–H groups in total. The number of carbonyl (C=O) groups excluding carboxylic acids is 3. The summed E-state index contributed by atoms with van der Waals surface area (Å²) in [6, 6.07) is 16.8. The van der Waals surface area contributed by atoms with Crippen LogP contribution in [0.5, 0.6) is 0 Å². The number of halogens is 1. The molecule has 2 aliphatic heterocycles. The van der Waals surface area contributed by atoms with Crippen molar-refractivity contribution in [1.82, 2.24) is 26.1 Å². The fourth-order valence-corrected chi connectivity index (χ4v) is 6.30. The van der Waals surface area contributed by atoms with E-state index in [0.717, 1.165) is 28.7 Å². The summed E-state index contributed by atoms with van der Waals surface area (Å²) in [5, 5.41) is 19.5. The summed E-state index contributed by atoms with van der Waals surface area (Å²) < 4.78 is 21.7. The van der Waals surface area contributed by atoms with Gasteiger partial charge in [-0.1, -0.05) is 74.8 Å². The van der Waals surface area contributed by atoms with Crippen molar-refractivity contribution in [3.8, 4) is 11.1 Å². The molecule has 274 valence electrons. The third kappa shape index (κ3) is 10.6. The Morgan fingerprint density at radius 1 is 1.00 bits per heavy atom. The van der Waals surface area contributed by atoms with Crippen LogP contribution in [0.25, 0.3) is 11.1 Å². The van der Waals surface area contributed by atoms with E-state index in [4.69, 9.17) is 30.5 Å². The molecule has 2 saturated heterocycles. The number of carbonyl (C=O) groups is 3. The van der Waals surface area contributed by atoms with Crippen molar-refractivity contribution in [1.29, 1.82) is 0 Å². The van der Waals surface area contributed by atoms with Crippen LogP contribution in [-0.2, 0) is 36.7 Å². The number of pyridine rings is 1. The molecule has 0 radical (unpaired) electrons. The smallest absolute Gasteiger partial charge is 0.422 e. The Bertz CT molecular complexity index is 1610. The van der Waals surface area contributed by atoms with Gasteiger partial charge in [0.1, 0.15) is 12.1 Å². The van der Waals surface area contributed by atoms with Crippen molar-refractivity contribution in [3.63, 3.8) is 0 Å². The van der Waals surface area contributed by atoms with E-state index in [1.165, 1.54) is 12.1 Å². The van der Waals surface area contributed by atoms with Crippen molar-refractivity contribution in [2.24, 2.45) is 11.3 Å². The maximum Gasteiger partial charge on any atom is 0.422 e. The number of fused-ring (bicyclic) bond motifs is 1. The van der Waals surface area contributed by atoms with E-state index in [2.05, 4.69) is 21.0 Å². The number of ether oxygens (including phenoxy) is 4. The second kappa shape index (κ2) is 17.3. The van der Waals surface area contributed by atoms with Gasteiger partial charge in [0.2, 0.25) is 5.91 Å². The van der Waals surface area contributed by atoms with Gasteiger partial charge >= 0.3 is 12.2 Å². The molecule has 2 fully saturated rings. The Morgan fingerprint density at radius 2 is 1.73 bits per heavy atom. The van der Waals surface area contributed by atoms with Crippen molar-refractivity contribution >= 4 is 29.7 Å². The normalized spacial score (nSPS) is 20.2. The van der Waals surface area contributed by atoms with Gasteiger partial charge in [-0.25, -0.2) is 14.6 Å². The number of hydrogen-bond donors (Lipinski definition) is 4. The minimum atomic E-state index is -1.21. The summed E-state index contributed by atoms with van der Waals surface area (Å²) >= 11 is 6.12. The van der Waals surface area contributed by atoms with Crippen LogP contribution >= 0.6 is 11.6 Å². The van der Waals surface area contributed by atoms with Gasteiger partial charge in [0.25, 0.3) is 0 Å². The zero-order valence-electron chi connectivity index (χ0n) is 29.2. The predicted molar refractivity (Wildman–Crippen MR) is 189 cm³/mol. The fraction of sp³-hybridized carbons (Fsp3) is 0.459. The summed E-state index contributed by atoms with van der Waals surface area (Å²) in [5.74, 6) is -0.556. The van der Waals surface area contributed by atoms with E-state index in [0.29, 0.717) is 11.6 Å². The number of methoxy groups -OCH3 is 1. The number of rotatable bonds is 13. The number of nitrogens with zero attached hydrogens (tertiary/aromatic N) is 2. The van der Waals surface area contributed by atoms with Gasteiger partial charge in [-0.2, -0.15) is 0 Å². The Labute approximate surface area is 302 Å². The molecule has 3 aromatic rings. The van der Waals surface area contributed by atoms with Crippen LogP contribution in [0.3, 0.4) is 0 Å². The van der Waals surface area contributed by atoms with Crippen LogP contribution in [0.1, 0.15) is 38.3 Å². The molecule has 0 bridgehead atoms. The molecule has 6 unspecified atom stereocenters. The first-order chi connectivity index (χ1) is 24.4. The quantitative estimate of drug-likeness (QED) is 0.185. The Kier molecular flexibility index (Phi) is 12.9. The van der Waals surface area contributed by atoms with Crippen LogP contribution in [0, 0.1) is 11.3 Å². The van der Waals surface area contributed by atoms with Crippen LogP contribution < -0.4 is 16.1 Å². The molecular weight excluding hydrogens is 678 g/mol. The SMILES string of the molecule is COC(=O)NC(C(=O)NC(Cc1ccc(-c2cccnc2)cc1)C(O)CN(Cc1ccc(Cl)cc1)NC(=O)OC1COC2OCCC12)C(C)(C)C. The number of alkyl carbamates (subject to hydrolysis) is 1. The van der Waals surface area contributed by atoms with E-state index in [1.807, 2.05) is 69.3 Å². The number of aliphatic hydroxyl groups is 1. The summed E-state index contributed by atoms with van der Waals surface area (Å²) in [6.45, 7) is 6.30. The number of hydrogen-bond acceptors (Lipinski definition) is 10. The molecule has 13 nitrogen and oxygen atoms in total. The van der Waals surface area contributed by atoms with Gasteiger partial charge in [-0.05, 0) is 58.7 Å². The third-order valence-electron chi connectivity index (χ3n) is 8.96. The largest absolute Gasteiger partial charge is 0.453 e. The highest BCUT2D eigenvalue weighted by atomic mass is 35.5. The molecule has 3 amide bonds. The monoisotopic (exact) mass is 723 g/mol. The summed E-state index contributed by atoms with van der Waals surface area (Å²) in [7, 11) is 1.22. The average molecular weight is 724 g/mol. The number of aliphatic hydroxyl groups excluding tert-OH is 1. The second-order valence-electron chi connectivity index (χ2n) is 13.8. The van der Waals surface area contributed by atoms with Crippen molar-refractivity contribution < 1.29 is 38.4 Å². The van der Waals surface area contributed by atoms with E-state index in [-0.39, 0.29) is 38.3 Å². The van der Waals surface area contributed by atoms with Gasteiger partial charge in [-0.15, -0.1) is 0 Å². The molecule has 14 heteroatoms. The lowest BCUT2D eigenvalue weighted by Gasteiger charge is -2.34. The van der Waals surface area contributed by atoms with Crippen LogP contribution in [0.15, 0.2) is 73.1 Å². The van der Waals surface area contributed by atoms with Crippen molar-refractivity contribution in [2.75, 3.05) is 26.9 Å². The average Bonchev–Trinajstić information content (AvgIpc) is 3.73. The second-order valence-corrected chi connectivity index (χ2v) is 14.3. The first-order valence-electron chi connectivity index (χ1n) is 16.9. The standard InChI is InChI=1S/C37H46ClN5O8/c1-37(2,3)32(41-35(46)48-4)33(45)40-29(18-23-7-11-25(12-8-23)26-6-5-16-39-19-26)30(44)21-43(20-24-9-13-27(38)14-10-24)42-36(47)51-31-22-50-34-28(31)15-17-49-34/h5-14,16,19,28-32,34,44H,15,17-18,20-22H2,1-4H3,(H,40,45)(H,41,46)(H,42,47). The minimum absolute atomic E-state index is 0.0513. The number of amides is 3. The van der Waals surface area contributed by atoms with E-state index in [9.17, 15) is 19.5 Å². The third-order valence-corrected chi connectivity index (χ3v) is 9.21. The molecule has 0 saturated carbocycles. The fourth-order valence-electron chi connectivity index (χ4n) is 6.18. The lowest BCUT2D eigenvalue weighted by atomic mass is 9.85. The highest BCUT2D eigenvalue weighted by Crippen LogP contribution is 2.33. The summed E-state index contributed by atoms with van der Waals surface area (Å²) in [4.78, 5) is 43.5. The number of hydrazine groups is 1. The van der Waals surface area contributed by atoms with Gasteiger partial charge in [0.05, 0.1) is 38.4 Å². The molecule has 51 heavy (non-hydrogen) atoms. The van der Waals surface area contributed by atoms with Crippen LogP contribution in [0.2, 0.25) is 5.02 Å². The summed E-state index contributed by atoms with van der Waals surface area (Å²) in [5.41, 5.74) is 5.65. The van der Waals surface area contributed by atoms with Gasteiger partial charge in [0, 0.05) is 30.5 Å². The highest BCUT2D eigenvalue weighted by Gasteiger charge is 2.44. The van der Waals surface area contributed by atoms with E-state index < -0.39 is 47.8 Å². The molecule has 2 aromatic carbocycles. The molecule has 0 aliphatic carbocycles. The first-order valence-corrected chi connectivity index (χ1v) is 17.3. The summed E-state index contributed by atoms with van der Waals surface area (Å²) in [6.07, 6.45) is 0.905. The lowest BCUT2D eigenvalue weighted by molar-refractivity contribution is -0.127. The molecular formula is C37H46ClN5O8. The van der Waals surface area contributed by atoms with Crippen LogP contribution in [0.4, 0.5) is 9.59 Å². The molecule has 0 spiro atoms. The number of aromatic nitrogens is 1. The first kappa shape index (κ1) is 38.0. The molecule has 3 heterocycles. The number of benzene rings is 2. The topological polar surface area (TPSA) is 161 Å². The van der Waals surface area contributed by atoms with Gasteiger partial charge in [0.15, 0.2) is 6.29 Å². The molecule has 2 aliphatic rings. The van der Waals surface area contributed by atoms with Crippen LogP contribution in [-0.4, -0.2) is 90.6 Å². The molecule has 5 rings (SSSR count). The minimum Gasteiger partial charge on any atom is -0.453 e. The zero-order chi connectivity index (χ0) is 36.5. The maximum atomic E-state index is 13.8. The Balaban J connectivity index is 1.36. The highest BCUT2D eigenvalue weighted by molar-refractivity contribution is 6.30. The molecule has 6 atom stereocenters. The Morgan fingerprint density at radius 3 is 2.39 bits per heavy atom. The van der Waals surface area contributed by atoms with Crippen molar-refractivity contribution in [2.45, 2.75) is 70.7 Å². The predicted octanol–water partition coefficient (Wildman–Crippen LogP) is 4.47. The van der Waals surface area contributed by atoms with E-state index >= 15 is 0 Å². The lowest BCUT2D eigenvalue weighted by Crippen LogP contribution is -2.59. The van der Waals surface area contributed by atoms with Gasteiger partial charge < -0.3 is 34.7 Å². The number of nitrogens with one attached hydrogen (secondary N) is 3. The Hall–Kier alpha value is -4.27. The van der Waals surface area contributed by atoms with E-state index in [1.54, 1.807) is 24.5 Å². The zero-order valence-corrected chi connectivity index (χ0v) is 30.0. The van der Waals surface area contributed by atoms with Gasteiger partial charge in [-0.3, -0.25) is 15.2 Å². The van der Waals surface area contributed by atoms with Crippen molar-refractivity contribution in [3.05, 3.63) is 89.2 Å². The maximum absolute atomic E-state index is 13.8. The molecule has 1 aromatic heterocycles.